The lowest BCUT2D eigenvalue weighted by molar-refractivity contribution is -0.118. The van der Waals surface area contributed by atoms with Crippen molar-refractivity contribution >= 4 is 44.2 Å². The Kier molecular flexibility index (Phi) is 4.63. The van der Waals surface area contributed by atoms with Crippen molar-refractivity contribution in [3.8, 4) is 0 Å². The number of nitrogens with zero attached hydrogens (tertiary/aromatic N) is 3. The molecule has 0 saturated carbocycles. The quantitative estimate of drug-likeness (QED) is 0.703. The van der Waals surface area contributed by atoms with Crippen molar-refractivity contribution in [3.05, 3.63) is 24.3 Å². The van der Waals surface area contributed by atoms with Crippen LogP contribution < -0.4 is 5.32 Å². The topological polar surface area (TPSA) is 59.3 Å². The summed E-state index contributed by atoms with van der Waals surface area (Å²) in [5.41, 5.74) is 1.09. The fraction of sp³-hybridized carbons (Fsp3) is 0.400. The van der Waals surface area contributed by atoms with Gasteiger partial charge in [0, 0.05) is 6.54 Å². The van der Waals surface area contributed by atoms with Gasteiger partial charge in [-0.1, -0.05) is 49.1 Å². The molecule has 2 heterocycles. The number of carbonyl (C=O) groups excluding carboxylic acids is 1. The van der Waals surface area contributed by atoms with Crippen molar-refractivity contribution in [2.45, 2.75) is 25.4 Å². The van der Waals surface area contributed by atoms with E-state index in [1.54, 1.807) is 11.3 Å². The van der Waals surface area contributed by atoms with Gasteiger partial charge in [-0.3, -0.25) is 9.20 Å². The number of carbonyl (C=O) groups is 1. The van der Waals surface area contributed by atoms with Crippen LogP contribution in [0.2, 0.25) is 0 Å². The van der Waals surface area contributed by atoms with E-state index in [2.05, 4.69) is 41.5 Å². The minimum absolute atomic E-state index is 0.0435. The number of aromatic nitrogens is 3. The van der Waals surface area contributed by atoms with Crippen molar-refractivity contribution in [1.82, 2.24) is 19.9 Å². The average Bonchev–Trinajstić information content (AvgIpc) is 3.03. The number of thioether (sulfide) groups is 1. The molecule has 7 heteroatoms. The summed E-state index contributed by atoms with van der Waals surface area (Å²) in [6.07, 6.45) is 1.00. The van der Waals surface area contributed by atoms with E-state index in [-0.39, 0.29) is 5.91 Å². The first kappa shape index (κ1) is 15.3. The summed E-state index contributed by atoms with van der Waals surface area (Å²) in [7, 11) is 0. The number of para-hydroxylation sites is 1. The smallest absolute Gasteiger partial charge is 0.230 e. The molecule has 0 spiro atoms. The normalized spacial score (nSPS) is 11.6. The molecule has 1 N–H and O–H groups in total. The third-order valence-corrected chi connectivity index (χ3v) is 5.23. The van der Waals surface area contributed by atoms with Crippen molar-refractivity contribution in [3.63, 3.8) is 0 Å². The van der Waals surface area contributed by atoms with Crippen molar-refractivity contribution in [1.29, 1.82) is 0 Å². The summed E-state index contributed by atoms with van der Waals surface area (Å²) in [5, 5.41) is 12.1. The molecule has 0 unspecified atom stereocenters. The molecule has 0 fully saturated rings. The van der Waals surface area contributed by atoms with E-state index in [1.165, 1.54) is 16.5 Å². The summed E-state index contributed by atoms with van der Waals surface area (Å²) in [4.78, 5) is 12.7. The van der Waals surface area contributed by atoms with Crippen LogP contribution >= 0.6 is 23.1 Å². The number of benzene rings is 1. The number of hydrogen-bond acceptors (Lipinski definition) is 5. The predicted molar refractivity (Wildman–Crippen MR) is 91.6 cm³/mol. The van der Waals surface area contributed by atoms with Crippen LogP contribution in [0.1, 0.15) is 20.3 Å². The molecule has 22 heavy (non-hydrogen) atoms. The Morgan fingerprint density at radius 1 is 1.36 bits per heavy atom. The van der Waals surface area contributed by atoms with Crippen LogP contribution in [0, 0.1) is 5.92 Å². The molecule has 5 nitrogen and oxygen atoms in total. The zero-order valence-electron chi connectivity index (χ0n) is 12.6. The second-order valence-electron chi connectivity index (χ2n) is 5.49. The Balaban J connectivity index is 1.68. The van der Waals surface area contributed by atoms with E-state index in [0.29, 0.717) is 11.7 Å². The lowest BCUT2D eigenvalue weighted by atomic mass is 10.1. The molecule has 1 amide bonds. The molecule has 0 radical (unpaired) electrons. The van der Waals surface area contributed by atoms with Gasteiger partial charge in [0.25, 0.3) is 0 Å². The van der Waals surface area contributed by atoms with Crippen LogP contribution in [0.3, 0.4) is 0 Å². The molecule has 2 aromatic heterocycles. The number of amides is 1. The molecule has 0 aliphatic heterocycles. The summed E-state index contributed by atoms with van der Waals surface area (Å²) < 4.78 is 3.20. The molecule has 0 aliphatic carbocycles. The summed E-state index contributed by atoms with van der Waals surface area (Å²) >= 11 is 3.04. The van der Waals surface area contributed by atoms with Gasteiger partial charge in [-0.2, -0.15) is 0 Å². The first-order valence-electron chi connectivity index (χ1n) is 7.27. The van der Waals surface area contributed by atoms with Gasteiger partial charge >= 0.3 is 0 Å². The molecule has 0 aliphatic rings. The number of fused-ring (bicyclic) bond motifs is 3. The van der Waals surface area contributed by atoms with E-state index < -0.39 is 0 Å². The van der Waals surface area contributed by atoms with Gasteiger partial charge in [0.1, 0.15) is 0 Å². The van der Waals surface area contributed by atoms with Crippen LogP contribution in [0.5, 0.6) is 0 Å². The minimum atomic E-state index is 0.0435. The van der Waals surface area contributed by atoms with E-state index in [0.717, 1.165) is 28.6 Å². The van der Waals surface area contributed by atoms with Crippen LogP contribution in [-0.4, -0.2) is 32.8 Å². The van der Waals surface area contributed by atoms with Gasteiger partial charge in [0.15, 0.2) is 5.16 Å². The highest BCUT2D eigenvalue weighted by Gasteiger charge is 2.13. The lowest BCUT2D eigenvalue weighted by Gasteiger charge is -2.06. The number of rotatable bonds is 6. The van der Waals surface area contributed by atoms with E-state index in [9.17, 15) is 4.79 Å². The fourth-order valence-corrected chi connectivity index (χ4v) is 3.93. The Labute approximate surface area is 137 Å². The second kappa shape index (κ2) is 6.66. The van der Waals surface area contributed by atoms with E-state index in [4.69, 9.17) is 0 Å². The first-order valence-corrected chi connectivity index (χ1v) is 9.07. The van der Waals surface area contributed by atoms with E-state index >= 15 is 0 Å². The Bertz CT molecular complexity index is 793. The minimum Gasteiger partial charge on any atom is -0.355 e. The first-order chi connectivity index (χ1) is 10.6. The molecule has 0 bridgehead atoms. The van der Waals surface area contributed by atoms with Gasteiger partial charge in [-0.15, -0.1) is 10.2 Å². The van der Waals surface area contributed by atoms with Gasteiger partial charge in [-0.05, 0) is 24.5 Å². The van der Waals surface area contributed by atoms with Gasteiger partial charge in [-0.25, -0.2) is 0 Å². The maximum Gasteiger partial charge on any atom is 0.230 e. The van der Waals surface area contributed by atoms with Crippen LogP contribution in [0.4, 0.5) is 0 Å². The maximum atomic E-state index is 11.9. The number of thiazole rings is 1. The fourth-order valence-electron chi connectivity index (χ4n) is 2.13. The predicted octanol–water partition coefficient (Wildman–Crippen LogP) is 3.20. The third kappa shape index (κ3) is 3.25. The molecule has 116 valence electrons. The monoisotopic (exact) mass is 334 g/mol. The summed E-state index contributed by atoms with van der Waals surface area (Å²) in [6.45, 7) is 5.03. The molecular formula is C15H18N4OS2. The average molecular weight is 334 g/mol. The maximum absolute atomic E-state index is 11.9. The van der Waals surface area contributed by atoms with Crippen molar-refractivity contribution in [2.75, 3.05) is 12.3 Å². The van der Waals surface area contributed by atoms with Crippen LogP contribution in [-0.2, 0) is 4.79 Å². The van der Waals surface area contributed by atoms with Gasteiger partial charge in [0.05, 0.1) is 16.0 Å². The molecule has 0 saturated heterocycles. The third-order valence-electron chi connectivity index (χ3n) is 3.29. The summed E-state index contributed by atoms with van der Waals surface area (Å²) in [5.74, 6) is 1.01. The lowest BCUT2D eigenvalue weighted by Crippen LogP contribution is -2.27. The molecular weight excluding hydrogens is 316 g/mol. The Morgan fingerprint density at radius 2 is 2.18 bits per heavy atom. The SMILES string of the molecule is CC(C)CCNC(=O)CSc1nnc2sc3ccccc3n12. The Hall–Kier alpha value is -1.60. The van der Waals surface area contributed by atoms with Gasteiger partial charge in [0.2, 0.25) is 10.9 Å². The molecule has 0 atom stereocenters. The summed E-state index contributed by atoms with van der Waals surface area (Å²) in [6, 6.07) is 8.14. The standard InChI is InChI=1S/C15H18N4OS2/c1-10(2)7-8-16-13(20)9-21-14-17-18-15-19(14)11-5-3-4-6-12(11)22-15/h3-6,10H,7-9H2,1-2H3,(H,16,20). The highest BCUT2D eigenvalue weighted by Crippen LogP contribution is 2.29. The van der Waals surface area contributed by atoms with Crippen molar-refractivity contribution < 1.29 is 4.79 Å². The van der Waals surface area contributed by atoms with Crippen LogP contribution in [0.15, 0.2) is 29.4 Å². The van der Waals surface area contributed by atoms with Crippen molar-refractivity contribution in [2.24, 2.45) is 5.92 Å². The zero-order chi connectivity index (χ0) is 15.5. The van der Waals surface area contributed by atoms with Gasteiger partial charge < -0.3 is 5.32 Å². The molecule has 3 aromatic rings. The van der Waals surface area contributed by atoms with E-state index in [1.807, 2.05) is 16.5 Å². The molecule has 1 aromatic carbocycles. The second-order valence-corrected chi connectivity index (χ2v) is 7.44. The number of nitrogens with one attached hydrogen (secondary N) is 1. The highest BCUT2D eigenvalue weighted by molar-refractivity contribution is 7.99. The number of hydrogen-bond donors (Lipinski definition) is 1. The zero-order valence-corrected chi connectivity index (χ0v) is 14.2. The van der Waals surface area contributed by atoms with Crippen LogP contribution in [0.25, 0.3) is 15.2 Å². The molecule has 3 rings (SSSR count). The Morgan fingerprint density at radius 3 is 3.00 bits per heavy atom. The highest BCUT2D eigenvalue weighted by atomic mass is 32.2. The largest absolute Gasteiger partial charge is 0.355 e.